The van der Waals surface area contributed by atoms with Crippen molar-refractivity contribution in [3.8, 4) is 17.0 Å². The minimum absolute atomic E-state index is 0.0339. The molecule has 33 heavy (non-hydrogen) atoms. The number of sulfonamides is 1. The second-order valence-corrected chi connectivity index (χ2v) is 8.84. The van der Waals surface area contributed by atoms with Gasteiger partial charge in [0, 0.05) is 42.2 Å². The van der Waals surface area contributed by atoms with E-state index in [4.69, 9.17) is 16.3 Å². The van der Waals surface area contributed by atoms with E-state index >= 15 is 8.78 Å². The lowest BCUT2D eigenvalue weighted by Crippen LogP contribution is -2.17. The Kier molecular flexibility index (Phi) is 6.00. The third-order valence-corrected chi connectivity index (χ3v) is 6.31. The lowest BCUT2D eigenvalue weighted by Gasteiger charge is -2.13. The van der Waals surface area contributed by atoms with Crippen LogP contribution in [-0.2, 0) is 10.0 Å². The van der Waals surface area contributed by atoms with Gasteiger partial charge in [-0.05, 0) is 23.6 Å². The lowest BCUT2D eigenvalue weighted by molar-refractivity contribution is 0.385. The Morgan fingerprint density at radius 3 is 2.48 bits per heavy atom. The molecule has 1 aromatic carbocycles. The molecule has 3 heterocycles. The van der Waals surface area contributed by atoms with E-state index in [0.29, 0.717) is 11.2 Å². The van der Waals surface area contributed by atoms with E-state index in [9.17, 15) is 8.42 Å². The Balaban J connectivity index is 1.78. The zero-order valence-corrected chi connectivity index (χ0v) is 18.8. The first kappa shape index (κ1) is 22.6. The molecule has 2 N–H and O–H groups in total. The number of pyridine rings is 3. The van der Waals surface area contributed by atoms with Crippen LogP contribution in [0.4, 0.5) is 20.4 Å². The highest BCUT2D eigenvalue weighted by Gasteiger charge is 2.25. The topological polar surface area (TPSA) is 106 Å². The van der Waals surface area contributed by atoms with Crippen molar-refractivity contribution >= 4 is 44.0 Å². The molecule has 170 valence electrons. The number of halogens is 3. The summed E-state index contributed by atoms with van der Waals surface area (Å²) in [6, 6.07) is 7.01. The van der Waals surface area contributed by atoms with Crippen LogP contribution in [0.2, 0.25) is 5.02 Å². The Labute approximate surface area is 192 Å². The highest BCUT2D eigenvalue weighted by Crippen LogP contribution is 2.34. The van der Waals surface area contributed by atoms with E-state index in [1.54, 1.807) is 19.2 Å². The van der Waals surface area contributed by atoms with Gasteiger partial charge in [-0.3, -0.25) is 4.72 Å². The summed E-state index contributed by atoms with van der Waals surface area (Å²) in [5, 5.41) is 3.64. The molecular formula is C21H16ClF2N5O3S. The second kappa shape index (κ2) is 8.75. The molecule has 0 saturated carbocycles. The Bertz CT molecular complexity index is 1480. The smallest absolute Gasteiger partial charge is 0.268 e. The normalized spacial score (nSPS) is 11.4. The first-order valence-corrected chi connectivity index (χ1v) is 11.2. The maximum absolute atomic E-state index is 15.3. The first-order chi connectivity index (χ1) is 15.7. The van der Waals surface area contributed by atoms with Crippen molar-refractivity contribution < 1.29 is 21.9 Å². The molecule has 0 spiro atoms. The fourth-order valence-electron chi connectivity index (χ4n) is 3.19. The molecule has 0 fully saturated rings. The van der Waals surface area contributed by atoms with Gasteiger partial charge < -0.3 is 10.1 Å². The Morgan fingerprint density at radius 1 is 1.00 bits per heavy atom. The van der Waals surface area contributed by atoms with Crippen LogP contribution in [0, 0.1) is 11.6 Å². The number of benzene rings is 1. The van der Waals surface area contributed by atoms with E-state index in [-0.39, 0.29) is 27.4 Å². The Morgan fingerprint density at radius 2 is 1.76 bits per heavy atom. The van der Waals surface area contributed by atoms with Crippen molar-refractivity contribution in [2.45, 2.75) is 4.90 Å². The fraction of sp³-hybridized carbons (Fsp3) is 0.0952. The molecular weight excluding hydrogens is 476 g/mol. The highest BCUT2D eigenvalue weighted by molar-refractivity contribution is 7.92. The third-order valence-electron chi connectivity index (χ3n) is 4.77. The molecule has 3 aromatic heterocycles. The van der Waals surface area contributed by atoms with Gasteiger partial charge >= 0.3 is 0 Å². The van der Waals surface area contributed by atoms with Gasteiger partial charge in [0.05, 0.1) is 12.1 Å². The summed E-state index contributed by atoms with van der Waals surface area (Å²) in [5.74, 6) is -2.09. The number of hydrogen-bond acceptors (Lipinski definition) is 7. The van der Waals surface area contributed by atoms with Crippen molar-refractivity contribution in [3.63, 3.8) is 0 Å². The largest absolute Gasteiger partial charge is 0.480 e. The zero-order chi connectivity index (χ0) is 23.8. The number of methoxy groups -OCH3 is 1. The maximum Gasteiger partial charge on any atom is 0.268 e. The van der Waals surface area contributed by atoms with Gasteiger partial charge in [-0.1, -0.05) is 23.7 Å². The SMILES string of the molecule is CNc1cc2ccc(-c3ccnc(NS(=O)(=O)c4cc(Cl)cnc4OC)c3F)c(F)c2cn1. The quantitative estimate of drug-likeness (QED) is 0.409. The standard InChI is InChI=1S/C21H16ClF2N5O3S/c1-25-17-7-11-3-4-13(18(23)15(11)10-27-17)14-5-6-26-20(19(14)24)29-33(30,31)16-8-12(22)9-28-21(16)32-2/h3-10H,1-2H3,(H,25,27)(H,26,29). The number of nitrogens with one attached hydrogen (secondary N) is 2. The van der Waals surface area contributed by atoms with Gasteiger partial charge in [0.1, 0.15) is 11.6 Å². The molecule has 8 nitrogen and oxygen atoms in total. The van der Waals surface area contributed by atoms with Crippen LogP contribution in [0.15, 0.2) is 53.8 Å². The molecule has 0 saturated heterocycles. The Hall–Kier alpha value is -3.57. The highest BCUT2D eigenvalue weighted by atomic mass is 35.5. The van der Waals surface area contributed by atoms with Gasteiger partial charge in [-0.2, -0.15) is 0 Å². The average Bonchev–Trinajstić information content (AvgIpc) is 2.80. The van der Waals surface area contributed by atoms with Crippen LogP contribution in [0.1, 0.15) is 0 Å². The van der Waals surface area contributed by atoms with Gasteiger partial charge in [0.25, 0.3) is 10.0 Å². The second-order valence-electron chi connectivity index (χ2n) is 6.76. The number of anilines is 2. The van der Waals surface area contributed by atoms with E-state index in [2.05, 4.69) is 25.0 Å². The summed E-state index contributed by atoms with van der Waals surface area (Å²) in [5.41, 5.74) is -0.264. The summed E-state index contributed by atoms with van der Waals surface area (Å²) in [6.07, 6.45) is 3.70. The lowest BCUT2D eigenvalue weighted by atomic mass is 10.0. The van der Waals surface area contributed by atoms with Gasteiger partial charge in [-0.15, -0.1) is 0 Å². The summed E-state index contributed by atoms with van der Waals surface area (Å²) in [4.78, 5) is 11.2. The number of fused-ring (bicyclic) bond motifs is 1. The van der Waals surface area contributed by atoms with Crippen LogP contribution in [0.25, 0.3) is 21.9 Å². The molecule has 4 rings (SSSR count). The number of rotatable bonds is 6. The molecule has 0 bridgehead atoms. The van der Waals surface area contributed by atoms with Crippen molar-refractivity contribution in [2.75, 3.05) is 24.2 Å². The molecule has 0 aliphatic carbocycles. The molecule has 0 amide bonds. The number of aromatic nitrogens is 3. The molecule has 0 atom stereocenters. The third kappa shape index (κ3) is 4.24. The number of hydrogen-bond donors (Lipinski definition) is 2. The summed E-state index contributed by atoms with van der Waals surface area (Å²) >= 11 is 5.85. The van der Waals surface area contributed by atoms with E-state index in [1.165, 1.54) is 31.6 Å². The van der Waals surface area contributed by atoms with Gasteiger partial charge in [0.2, 0.25) is 5.88 Å². The zero-order valence-electron chi connectivity index (χ0n) is 17.2. The van der Waals surface area contributed by atoms with Crippen LogP contribution in [0.5, 0.6) is 5.88 Å². The maximum atomic E-state index is 15.3. The molecule has 0 radical (unpaired) electrons. The number of nitrogens with zero attached hydrogens (tertiary/aromatic N) is 3. The van der Waals surface area contributed by atoms with Crippen molar-refractivity contribution in [1.82, 2.24) is 15.0 Å². The van der Waals surface area contributed by atoms with E-state index in [0.717, 1.165) is 12.3 Å². The van der Waals surface area contributed by atoms with Crippen LogP contribution >= 0.6 is 11.6 Å². The number of ether oxygens (including phenoxy) is 1. The predicted molar refractivity (Wildman–Crippen MR) is 121 cm³/mol. The molecule has 0 aliphatic heterocycles. The minimum atomic E-state index is -4.39. The molecule has 0 aliphatic rings. The summed E-state index contributed by atoms with van der Waals surface area (Å²) < 4.78 is 63.2. The van der Waals surface area contributed by atoms with E-state index in [1.807, 2.05) is 0 Å². The predicted octanol–water partition coefficient (Wildman–Crippen LogP) is 4.47. The minimum Gasteiger partial charge on any atom is -0.480 e. The van der Waals surface area contributed by atoms with Crippen molar-refractivity contribution in [2.24, 2.45) is 0 Å². The van der Waals surface area contributed by atoms with Gasteiger partial charge in [-0.25, -0.2) is 32.2 Å². The average molecular weight is 492 g/mol. The molecule has 4 aromatic rings. The summed E-state index contributed by atoms with van der Waals surface area (Å²) in [6.45, 7) is 0. The van der Waals surface area contributed by atoms with Crippen LogP contribution < -0.4 is 14.8 Å². The van der Waals surface area contributed by atoms with Crippen LogP contribution in [0.3, 0.4) is 0 Å². The fourth-order valence-corrected chi connectivity index (χ4v) is 4.56. The van der Waals surface area contributed by atoms with E-state index < -0.39 is 32.4 Å². The van der Waals surface area contributed by atoms with Crippen molar-refractivity contribution in [3.05, 3.63) is 65.6 Å². The van der Waals surface area contributed by atoms with Crippen LogP contribution in [-0.4, -0.2) is 37.5 Å². The monoisotopic (exact) mass is 491 g/mol. The molecule has 12 heteroatoms. The summed E-state index contributed by atoms with van der Waals surface area (Å²) in [7, 11) is -1.48. The first-order valence-electron chi connectivity index (χ1n) is 9.38. The van der Waals surface area contributed by atoms with Gasteiger partial charge in [0.15, 0.2) is 16.5 Å². The molecule has 0 unspecified atom stereocenters. The van der Waals surface area contributed by atoms with Crippen molar-refractivity contribution in [1.29, 1.82) is 0 Å².